The van der Waals surface area contributed by atoms with Crippen LogP contribution in [0.15, 0.2) is 53.5 Å². The average Bonchev–Trinajstić information content (AvgIpc) is 3.40. The van der Waals surface area contributed by atoms with Gasteiger partial charge in [0.25, 0.3) is 11.4 Å². The van der Waals surface area contributed by atoms with Gasteiger partial charge in [0.05, 0.1) is 9.85 Å². The maximum Gasteiger partial charge on any atom is 0.414 e. The molecule has 0 aromatic heterocycles. The maximum absolute atomic E-state index is 12.3. The minimum absolute atomic E-state index is 0. The van der Waals surface area contributed by atoms with Crippen molar-refractivity contribution in [2.75, 3.05) is 19.6 Å². The van der Waals surface area contributed by atoms with Crippen LogP contribution in [0.2, 0.25) is 0 Å². The van der Waals surface area contributed by atoms with Gasteiger partial charge in [0, 0.05) is 30.8 Å². The SMILES string of the molecule is Cl.O=C(NC(=NCC[C@@H]1CCNC1)NC(=O)OCc1ccc([N+](=O)[O-])cc1)OCc1ccc([N+](=O)[O-])cc1. The molecule has 3 rings (SSSR count). The van der Waals surface area contributed by atoms with Crippen LogP contribution in [0.4, 0.5) is 21.0 Å². The van der Waals surface area contributed by atoms with Gasteiger partial charge in [-0.15, -0.1) is 12.4 Å². The van der Waals surface area contributed by atoms with E-state index in [2.05, 4.69) is 20.9 Å². The molecule has 14 nitrogen and oxygen atoms in total. The van der Waals surface area contributed by atoms with Crippen molar-refractivity contribution in [2.24, 2.45) is 10.9 Å². The van der Waals surface area contributed by atoms with Gasteiger partial charge < -0.3 is 14.8 Å². The predicted molar refractivity (Wildman–Crippen MR) is 138 cm³/mol. The van der Waals surface area contributed by atoms with E-state index in [-0.39, 0.29) is 43.0 Å². The van der Waals surface area contributed by atoms with Crippen LogP contribution in [0, 0.1) is 26.1 Å². The lowest BCUT2D eigenvalue weighted by Crippen LogP contribution is -2.44. The Hall–Kier alpha value is -4.30. The molecule has 15 heteroatoms. The molecular weight excluding hydrogens is 524 g/mol. The van der Waals surface area contributed by atoms with Gasteiger partial charge >= 0.3 is 12.2 Å². The Balaban J connectivity index is 0.00000507. The van der Waals surface area contributed by atoms with E-state index < -0.39 is 22.0 Å². The molecule has 0 bridgehead atoms. The number of hydrogen-bond donors (Lipinski definition) is 3. The molecule has 0 saturated carbocycles. The molecule has 204 valence electrons. The van der Waals surface area contributed by atoms with Crippen LogP contribution in [0.5, 0.6) is 0 Å². The molecule has 0 aliphatic carbocycles. The Morgan fingerprint density at radius 1 is 0.895 bits per heavy atom. The van der Waals surface area contributed by atoms with Crippen molar-refractivity contribution in [3.05, 3.63) is 79.9 Å². The number of rotatable bonds is 9. The Morgan fingerprint density at radius 2 is 1.37 bits per heavy atom. The van der Waals surface area contributed by atoms with Gasteiger partial charge in [0.15, 0.2) is 0 Å². The third-order valence-corrected chi connectivity index (χ3v) is 5.44. The lowest BCUT2D eigenvalue weighted by atomic mass is 10.1. The van der Waals surface area contributed by atoms with Gasteiger partial charge in [-0.2, -0.15) is 0 Å². The quantitative estimate of drug-likeness (QED) is 0.182. The highest BCUT2D eigenvalue weighted by atomic mass is 35.5. The van der Waals surface area contributed by atoms with Crippen LogP contribution in [0.25, 0.3) is 0 Å². The number of carbonyl (C=O) groups excluding carboxylic acids is 2. The van der Waals surface area contributed by atoms with Crippen molar-refractivity contribution in [3.8, 4) is 0 Å². The Morgan fingerprint density at radius 3 is 1.76 bits per heavy atom. The molecule has 2 aromatic rings. The lowest BCUT2D eigenvalue weighted by Gasteiger charge is -2.12. The summed E-state index contributed by atoms with van der Waals surface area (Å²) >= 11 is 0. The minimum atomic E-state index is -0.893. The minimum Gasteiger partial charge on any atom is -0.444 e. The number of carbonyl (C=O) groups is 2. The molecular formula is C23H27ClN6O8. The first-order chi connectivity index (χ1) is 17.8. The van der Waals surface area contributed by atoms with Crippen molar-refractivity contribution >= 4 is 41.9 Å². The number of nitro benzene ring substituents is 2. The van der Waals surface area contributed by atoms with Crippen molar-refractivity contribution in [1.29, 1.82) is 0 Å². The fourth-order valence-corrected chi connectivity index (χ4v) is 3.42. The summed E-state index contributed by atoms with van der Waals surface area (Å²) in [7, 11) is 0. The molecule has 1 aliphatic rings. The van der Waals surface area contributed by atoms with Gasteiger partial charge in [-0.1, -0.05) is 0 Å². The van der Waals surface area contributed by atoms with Crippen LogP contribution in [-0.4, -0.2) is 47.6 Å². The van der Waals surface area contributed by atoms with Crippen molar-refractivity contribution < 1.29 is 28.9 Å². The van der Waals surface area contributed by atoms with E-state index in [1.54, 1.807) is 0 Å². The number of non-ortho nitro benzene ring substituents is 2. The monoisotopic (exact) mass is 550 g/mol. The number of nitrogens with zero attached hydrogens (tertiary/aromatic N) is 3. The van der Waals surface area contributed by atoms with E-state index in [1.807, 2.05) is 0 Å². The van der Waals surface area contributed by atoms with Crippen LogP contribution < -0.4 is 16.0 Å². The molecule has 1 atom stereocenters. The summed E-state index contributed by atoms with van der Waals surface area (Å²) in [5.74, 6) is 0.279. The molecule has 1 heterocycles. The highest BCUT2D eigenvalue weighted by Crippen LogP contribution is 2.14. The summed E-state index contributed by atoms with van der Waals surface area (Å²) in [6.45, 7) is 1.83. The number of hydrogen-bond acceptors (Lipinski definition) is 10. The zero-order valence-corrected chi connectivity index (χ0v) is 21.0. The van der Waals surface area contributed by atoms with Crippen LogP contribution in [0.3, 0.4) is 0 Å². The predicted octanol–water partition coefficient (Wildman–Crippen LogP) is 3.43. The molecule has 0 spiro atoms. The Bertz CT molecular complexity index is 1060. The number of aliphatic imine (C=N–C) groups is 1. The molecule has 0 unspecified atom stereocenters. The first-order valence-corrected chi connectivity index (χ1v) is 11.4. The van der Waals surface area contributed by atoms with Crippen LogP contribution in [0.1, 0.15) is 24.0 Å². The third-order valence-electron chi connectivity index (χ3n) is 5.44. The average molecular weight is 551 g/mol. The topological polar surface area (TPSA) is 187 Å². The number of ether oxygens (including phenoxy) is 2. The van der Waals surface area contributed by atoms with E-state index >= 15 is 0 Å². The molecule has 0 radical (unpaired) electrons. The van der Waals surface area contributed by atoms with E-state index in [1.165, 1.54) is 48.5 Å². The van der Waals surface area contributed by atoms with Crippen molar-refractivity contribution in [2.45, 2.75) is 26.1 Å². The van der Waals surface area contributed by atoms with E-state index in [9.17, 15) is 29.8 Å². The number of alkyl carbamates (subject to hydrolysis) is 2. The first-order valence-electron chi connectivity index (χ1n) is 11.4. The van der Waals surface area contributed by atoms with E-state index in [4.69, 9.17) is 9.47 Å². The second-order valence-electron chi connectivity index (χ2n) is 8.13. The smallest absolute Gasteiger partial charge is 0.414 e. The second-order valence-corrected chi connectivity index (χ2v) is 8.13. The van der Waals surface area contributed by atoms with E-state index in [0.717, 1.165) is 25.9 Å². The number of benzene rings is 2. The molecule has 38 heavy (non-hydrogen) atoms. The van der Waals surface area contributed by atoms with Gasteiger partial charge in [-0.25, -0.2) is 9.59 Å². The molecule has 1 saturated heterocycles. The summed E-state index contributed by atoms with van der Waals surface area (Å²) in [4.78, 5) is 49.3. The lowest BCUT2D eigenvalue weighted by molar-refractivity contribution is -0.385. The van der Waals surface area contributed by atoms with Crippen LogP contribution >= 0.6 is 12.4 Å². The Kier molecular flexibility index (Phi) is 11.9. The number of nitrogens with one attached hydrogen (secondary N) is 3. The maximum atomic E-state index is 12.3. The van der Waals surface area contributed by atoms with Gasteiger partial charge in [-0.3, -0.25) is 35.9 Å². The zero-order chi connectivity index (χ0) is 26.6. The summed E-state index contributed by atoms with van der Waals surface area (Å²) in [6.07, 6.45) is -0.0267. The molecule has 3 N–H and O–H groups in total. The normalized spacial score (nSPS) is 13.9. The number of nitro groups is 2. The number of guanidine groups is 1. The fourth-order valence-electron chi connectivity index (χ4n) is 3.42. The van der Waals surface area contributed by atoms with Crippen LogP contribution in [-0.2, 0) is 22.7 Å². The number of amides is 2. The second kappa shape index (κ2) is 15.1. The van der Waals surface area contributed by atoms with Crippen molar-refractivity contribution in [3.63, 3.8) is 0 Å². The van der Waals surface area contributed by atoms with Gasteiger partial charge in [0.2, 0.25) is 5.96 Å². The number of halogens is 1. The highest BCUT2D eigenvalue weighted by Gasteiger charge is 2.16. The van der Waals surface area contributed by atoms with E-state index in [0.29, 0.717) is 23.6 Å². The third kappa shape index (κ3) is 9.99. The molecule has 1 aliphatic heterocycles. The molecule has 2 amide bonds. The summed E-state index contributed by atoms with van der Waals surface area (Å²) in [6, 6.07) is 11.0. The molecule has 1 fully saturated rings. The largest absolute Gasteiger partial charge is 0.444 e. The van der Waals surface area contributed by atoms with Gasteiger partial charge in [0.1, 0.15) is 13.2 Å². The summed E-state index contributed by atoms with van der Waals surface area (Å²) < 4.78 is 10.2. The standard InChI is InChI=1S/C23H26N6O8.ClH/c30-22(36-14-17-1-5-19(6-2-17)28(32)33)26-21(25-12-10-16-9-11-24-13-16)27-23(31)37-15-18-3-7-20(8-4-18)29(34)35;/h1-8,16,24H,9-15H2,(H2,25,26,27,30,31);1H/t16-;/m0./s1. The van der Waals surface area contributed by atoms with Gasteiger partial charge in [-0.05, 0) is 67.2 Å². The van der Waals surface area contributed by atoms with Crippen molar-refractivity contribution in [1.82, 2.24) is 16.0 Å². The Labute approximate surface area is 223 Å². The summed E-state index contributed by atoms with van der Waals surface area (Å²) in [5, 5.41) is 29.5. The first kappa shape index (κ1) is 29.9. The highest BCUT2D eigenvalue weighted by molar-refractivity contribution is 6.01. The fraction of sp³-hybridized carbons (Fsp3) is 0.348. The zero-order valence-electron chi connectivity index (χ0n) is 20.2. The summed E-state index contributed by atoms with van der Waals surface area (Å²) in [5.41, 5.74) is 0.889. The molecule has 2 aromatic carbocycles.